The monoisotopic (exact) mass is 398 g/mol. The maximum absolute atomic E-state index is 12.5. The third kappa shape index (κ3) is 5.93. The summed E-state index contributed by atoms with van der Waals surface area (Å²) in [5.41, 5.74) is 0. The Morgan fingerprint density at radius 3 is 1.50 bits per heavy atom. The second-order valence-corrected chi connectivity index (χ2v) is 8.04. The van der Waals surface area contributed by atoms with Crippen LogP contribution < -0.4 is 0 Å². The van der Waals surface area contributed by atoms with Gasteiger partial charge in [0, 0.05) is 0 Å². The molecule has 0 spiro atoms. The number of ether oxygens (including phenoxy) is 4. The van der Waals surface area contributed by atoms with Crippen molar-refractivity contribution in [2.75, 3.05) is 13.2 Å². The van der Waals surface area contributed by atoms with Crippen molar-refractivity contribution in [3.8, 4) is 0 Å². The fraction of sp³-hybridized carbons (Fsp3) is 0.909. The van der Waals surface area contributed by atoms with Crippen molar-refractivity contribution < 1.29 is 28.5 Å². The van der Waals surface area contributed by atoms with Crippen LogP contribution in [-0.2, 0) is 28.5 Å². The summed E-state index contributed by atoms with van der Waals surface area (Å²) in [7, 11) is 0. The smallest absolute Gasteiger partial charge is 0.309 e. The van der Waals surface area contributed by atoms with E-state index in [-0.39, 0.29) is 36.0 Å². The summed E-state index contributed by atoms with van der Waals surface area (Å²) in [4.78, 5) is 25.0. The minimum absolute atomic E-state index is 0.0714. The zero-order valence-electron chi connectivity index (χ0n) is 18.0. The first-order chi connectivity index (χ1) is 13.5. The third-order valence-electron chi connectivity index (χ3n) is 5.96. The maximum Gasteiger partial charge on any atom is 0.309 e. The Labute approximate surface area is 169 Å². The molecule has 2 aliphatic rings. The van der Waals surface area contributed by atoms with Crippen LogP contribution in [0, 0.1) is 11.8 Å². The molecule has 2 heterocycles. The highest BCUT2D eigenvalue weighted by molar-refractivity contribution is 5.73. The fourth-order valence-electron chi connectivity index (χ4n) is 4.00. The van der Waals surface area contributed by atoms with Crippen LogP contribution in [0.1, 0.15) is 79.1 Å². The highest BCUT2D eigenvalue weighted by Gasteiger charge is 2.51. The predicted octanol–water partition coefficient (Wildman–Crippen LogP) is 4.04. The van der Waals surface area contributed by atoms with Gasteiger partial charge < -0.3 is 18.9 Å². The highest BCUT2D eigenvalue weighted by Crippen LogP contribution is 2.32. The number of fused-ring (bicyclic) bond motifs is 1. The van der Waals surface area contributed by atoms with Crippen LogP contribution in [-0.4, -0.2) is 49.6 Å². The molecule has 0 N–H and O–H groups in total. The molecule has 0 radical (unpaired) electrons. The van der Waals surface area contributed by atoms with E-state index in [2.05, 4.69) is 13.8 Å². The van der Waals surface area contributed by atoms with Crippen molar-refractivity contribution >= 4 is 11.9 Å². The molecule has 6 atom stereocenters. The van der Waals surface area contributed by atoms with Gasteiger partial charge in [-0.1, -0.05) is 53.4 Å². The highest BCUT2D eigenvalue weighted by atomic mass is 16.7. The largest absolute Gasteiger partial charge is 0.457 e. The van der Waals surface area contributed by atoms with Gasteiger partial charge in [0.25, 0.3) is 0 Å². The second kappa shape index (κ2) is 11.8. The molecule has 0 saturated carbocycles. The van der Waals surface area contributed by atoms with E-state index in [4.69, 9.17) is 18.9 Å². The summed E-state index contributed by atoms with van der Waals surface area (Å²) < 4.78 is 23.1. The van der Waals surface area contributed by atoms with Crippen molar-refractivity contribution in [2.24, 2.45) is 11.8 Å². The first-order valence-electron chi connectivity index (χ1n) is 11.2. The van der Waals surface area contributed by atoms with Crippen LogP contribution in [0.15, 0.2) is 0 Å². The lowest BCUT2D eigenvalue weighted by Gasteiger charge is -2.21. The lowest BCUT2D eigenvalue weighted by Crippen LogP contribution is -2.37. The number of esters is 2. The van der Waals surface area contributed by atoms with E-state index in [9.17, 15) is 9.59 Å². The summed E-state index contributed by atoms with van der Waals surface area (Å²) in [5, 5.41) is 0. The van der Waals surface area contributed by atoms with Crippen LogP contribution in [0.25, 0.3) is 0 Å². The first kappa shape index (κ1) is 23.1. The molecule has 2 rings (SSSR count). The zero-order chi connectivity index (χ0) is 20.5. The Bertz CT molecular complexity index is 449. The van der Waals surface area contributed by atoms with Gasteiger partial charge in [-0.15, -0.1) is 0 Å². The van der Waals surface area contributed by atoms with Crippen LogP contribution in [0.3, 0.4) is 0 Å². The van der Waals surface area contributed by atoms with Gasteiger partial charge in [0.05, 0.1) is 25.0 Å². The van der Waals surface area contributed by atoms with Gasteiger partial charge in [-0.25, -0.2) is 0 Å². The van der Waals surface area contributed by atoms with Gasteiger partial charge in [-0.3, -0.25) is 9.59 Å². The number of unbranched alkanes of at least 4 members (excludes halogenated alkanes) is 2. The van der Waals surface area contributed by atoms with Gasteiger partial charge in [0.15, 0.2) is 12.2 Å². The molecule has 0 amide bonds. The molecular weight excluding hydrogens is 360 g/mol. The first-order valence-corrected chi connectivity index (χ1v) is 11.2. The summed E-state index contributed by atoms with van der Waals surface area (Å²) in [6.07, 6.45) is 5.89. The molecule has 162 valence electrons. The standard InChI is InChI=1S/C22H38O6/c1-5-9-11-15(7-3)21(23)27-17-13-25-20-18(14-26-19(17)20)28-22(24)16(8-4)12-10-6-2/h15-20H,5-14H2,1-4H3/t15?,16?,17-,18-,19?,20?/m0/s1. The quantitative estimate of drug-likeness (QED) is 0.462. The molecule has 4 unspecified atom stereocenters. The lowest BCUT2D eigenvalue weighted by atomic mass is 9.99. The number of carbonyl (C=O) groups is 2. The van der Waals surface area contributed by atoms with Crippen LogP contribution in [0.4, 0.5) is 0 Å². The normalized spacial score (nSPS) is 28.6. The fourth-order valence-corrected chi connectivity index (χ4v) is 4.00. The van der Waals surface area contributed by atoms with Gasteiger partial charge in [0.1, 0.15) is 12.2 Å². The molecule has 0 bridgehead atoms. The van der Waals surface area contributed by atoms with Gasteiger partial charge in [0.2, 0.25) is 0 Å². The molecule has 2 saturated heterocycles. The number of hydrogen-bond acceptors (Lipinski definition) is 6. The Morgan fingerprint density at radius 2 is 1.18 bits per heavy atom. The number of hydrogen-bond donors (Lipinski definition) is 0. The van der Waals surface area contributed by atoms with E-state index in [0.29, 0.717) is 13.2 Å². The SMILES string of the molecule is CCCCC(CC)C(=O)O[C@H]1COC2C1OC[C@@H]2OC(=O)C(CC)CCCC. The Hall–Kier alpha value is -1.14. The molecule has 0 aromatic heterocycles. The number of rotatable bonds is 12. The summed E-state index contributed by atoms with van der Waals surface area (Å²) in [6, 6.07) is 0. The Kier molecular flexibility index (Phi) is 9.72. The molecule has 0 aromatic carbocycles. The average molecular weight is 399 g/mol. The minimum atomic E-state index is -0.418. The van der Waals surface area contributed by atoms with Crippen molar-refractivity contribution in [2.45, 2.75) is 103 Å². The average Bonchev–Trinajstić information content (AvgIpc) is 3.26. The predicted molar refractivity (Wildman–Crippen MR) is 106 cm³/mol. The zero-order valence-corrected chi connectivity index (χ0v) is 18.0. The second-order valence-electron chi connectivity index (χ2n) is 8.04. The molecule has 2 aliphatic heterocycles. The Morgan fingerprint density at radius 1 is 0.786 bits per heavy atom. The third-order valence-corrected chi connectivity index (χ3v) is 5.96. The van der Waals surface area contributed by atoms with E-state index in [1.54, 1.807) is 0 Å². The number of carbonyl (C=O) groups excluding carboxylic acids is 2. The molecule has 0 aliphatic carbocycles. The van der Waals surface area contributed by atoms with Crippen LogP contribution >= 0.6 is 0 Å². The maximum atomic E-state index is 12.5. The molecular formula is C22H38O6. The molecule has 6 heteroatoms. The molecule has 28 heavy (non-hydrogen) atoms. The minimum Gasteiger partial charge on any atom is -0.457 e. The van der Waals surface area contributed by atoms with Crippen molar-refractivity contribution in [3.63, 3.8) is 0 Å². The van der Waals surface area contributed by atoms with E-state index in [1.807, 2.05) is 13.8 Å². The summed E-state index contributed by atoms with van der Waals surface area (Å²) in [5.74, 6) is -0.476. The molecule has 2 fully saturated rings. The summed E-state index contributed by atoms with van der Waals surface area (Å²) >= 11 is 0. The van der Waals surface area contributed by atoms with Crippen molar-refractivity contribution in [3.05, 3.63) is 0 Å². The molecule has 0 aromatic rings. The Balaban J connectivity index is 1.86. The van der Waals surface area contributed by atoms with E-state index in [0.717, 1.165) is 51.4 Å². The van der Waals surface area contributed by atoms with E-state index >= 15 is 0 Å². The van der Waals surface area contributed by atoms with Gasteiger partial charge >= 0.3 is 11.9 Å². The lowest BCUT2D eigenvalue weighted by molar-refractivity contribution is -0.160. The summed E-state index contributed by atoms with van der Waals surface area (Å²) in [6.45, 7) is 8.86. The van der Waals surface area contributed by atoms with E-state index in [1.165, 1.54) is 0 Å². The van der Waals surface area contributed by atoms with E-state index < -0.39 is 12.2 Å². The topological polar surface area (TPSA) is 71.1 Å². The van der Waals surface area contributed by atoms with Gasteiger partial charge in [-0.2, -0.15) is 0 Å². The van der Waals surface area contributed by atoms with Gasteiger partial charge in [-0.05, 0) is 25.7 Å². The van der Waals surface area contributed by atoms with Crippen molar-refractivity contribution in [1.82, 2.24) is 0 Å². The van der Waals surface area contributed by atoms with Crippen LogP contribution in [0.5, 0.6) is 0 Å². The molecule has 6 nitrogen and oxygen atoms in total. The van der Waals surface area contributed by atoms with Crippen molar-refractivity contribution in [1.29, 1.82) is 0 Å². The van der Waals surface area contributed by atoms with Crippen LogP contribution in [0.2, 0.25) is 0 Å².